The summed E-state index contributed by atoms with van der Waals surface area (Å²) in [5.41, 5.74) is 2.94. The number of carbonyl (C=O) groups is 2. The van der Waals surface area contributed by atoms with E-state index in [1.807, 2.05) is 24.3 Å². The molecule has 3 aromatic rings. The molecule has 0 saturated heterocycles. The molecule has 7 nitrogen and oxygen atoms in total. The SMILES string of the molecule is COc1ccc(NC(=O)N2CCc3c(C(=O)N(C)Cc4ccco4)cccc32)cc1. The summed E-state index contributed by atoms with van der Waals surface area (Å²) in [6.45, 7) is 0.903. The van der Waals surface area contributed by atoms with E-state index >= 15 is 0 Å². The highest BCUT2D eigenvalue weighted by Crippen LogP contribution is 2.32. The van der Waals surface area contributed by atoms with E-state index in [0.717, 1.165) is 22.8 Å². The summed E-state index contributed by atoms with van der Waals surface area (Å²) in [5.74, 6) is 1.35. The van der Waals surface area contributed by atoms with Gasteiger partial charge in [0.05, 0.1) is 19.9 Å². The van der Waals surface area contributed by atoms with Gasteiger partial charge in [0.1, 0.15) is 11.5 Å². The smallest absolute Gasteiger partial charge is 0.326 e. The molecular weight excluding hydrogens is 382 g/mol. The Hall–Kier alpha value is -3.74. The van der Waals surface area contributed by atoms with E-state index < -0.39 is 0 Å². The van der Waals surface area contributed by atoms with Crippen LogP contribution >= 0.6 is 0 Å². The normalized spacial score (nSPS) is 12.4. The van der Waals surface area contributed by atoms with Gasteiger partial charge in [0.2, 0.25) is 0 Å². The highest BCUT2D eigenvalue weighted by molar-refractivity contribution is 6.05. The van der Waals surface area contributed by atoms with Crippen LogP contribution in [-0.2, 0) is 13.0 Å². The fourth-order valence-corrected chi connectivity index (χ4v) is 3.62. The van der Waals surface area contributed by atoms with Crippen LogP contribution in [0, 0.1) is 0 Å². The maximum atomic E-state index is 13.0. The van der Waals surface area contributed by atoms with Gasteiger partial charge in [-0.3, -0.25) is 9.69 Å². The van der Waals surface area contributed by atoms with Crippen molar-refractivity contribution in [2.45, 2.75) is 13.0 Å². The number of amides is 3. The highest BCUT2D eigenvalue weighted by atomic mass is 16.5. The van der Waals surface area contributed by atoms with Crippen molar-refractivity contribution in [2.75, 3.05) is 30.9 Å². The van der Waals surface area contributed by atoms with E-state index in [-0.39, 0.29) is 11.9 Å². The molecule has 0 unspecified atom stereocenters. The van der Waals surface area contributed by atoms with Gasteiger partial charge in [-0.1, -0.05) is 6.07 Å². The lowest BCUT2D eigenvalue weighted by Crippen LogP contribution is -2.33. The molecule has 0 spiro atoms. The van der Waals surface area contributed by atoms with Crippen molar-refractivity contribution in [3.63, 3.8) is 0 Å². The molecule has 1 aliphatic heterocycles. The summed E-state index contributed by atoms with van der Waals surface area (Å²) in [5, 5.41) is 2.90. The van der Waals surface area contributed by atoms with Crippen LogP contribution in [0.5, 0.6) is 5.75 Å². The standard InChI is InChI=1S/C23H23N3O4/c1-25(15-18-5-4-14-30-18)22(27)20-6-3-7-21-19(20)12-13-26(21)23(28)24-16-8-10-17(29-2)11-9-16/h3-11,14H,12-13,15H2,1-2H3,(H,24,28). The third-order valence-corrected chi connectivity index (χ3v) is 5.16. The molecule has 0 saturated carbocycles. The second-order valence-corrected chi connectivity index (χ2v) is 7.10. The number of fused-ring (bicyclic) bond motifs is 1. The summed E-state index contributed by atoms with van der Waals surface area (Å²) in [4.78, 5) is 29.1. The van der Waals surface area contributed by atoms with Crippen molar-refractivity contribution in [1.29, 1.82) is 0 Å². The van der Waals surface area contributed by atoms with Crippen molar-refractivity contribution >= 4 is 23.3 Å². The summed E-state index contributed by atoms with van der Waals surface area (Å²) >= 11 is 0. The van der Waals surface area contributed by atoms with Crippen LogP contribution in [0.15, 0.2) is 65.3 Å². The zero-order valence-corrected chi connectivity index (χ0v) is 16.9. The predicted octanol–water partition coefficient (Wildman–Crippen LogP) is 4.16. The van der Waals surface area contributed by atoms with Gasteiger partial charge in [-0.25, -0.2) is 4.79 Å². The second-order valence-electron chi connectivity index (χ2n) is 7.10. The largest absolute Gasteiger partial charge is 0.497 e. The number of ether oxygens (including phenoxy) is 1. The summed E-state index contributed by atoms with van der Waals surface area (Å²) in [7, 11) is 3.34. The molecule has 30 heavy (non-hydrogen) atoms. The van der Waals surface area contributed by atoms with Crippen molar-refractivity contribution in [3.05, 3.63) is 77.7 Å². The van der Waals surface area contributed by atoms with Crippen molar-refractivity contribution in [1.82, 2.24) is 4.90 Å². The molecule has 2 aromatic carbocycles. The van der Waals surface area contributed by atoms with Gasteiger partial charge in [-0.05, 0) is 60.5 Å². The van der Waals surface area contributed by atoms with Gasteiger partial charge < -0.3 is 19.4 Å². The molecule has 3 amide bonds. The Balaban J connectivity index is 1.50. The van der Waals surface area contributed by atoms with E-state index in [0.29, 0.717) is 30.8 Å². The number of hydrogen-bond acceptors (Lipinski definition) is 4. The molecule has 7 heteroatoms. The zero-order valence-electron chi connectivity index (χ0n) is 16.9. The number of nitrogens with one attached hydrogen (secondary N) is 1. The van der Waals surface area contributed by atoms with Crippen LogP contribution in [0.3, 0.4) is 0 Å². The quantitative estimate of drug-likeness (QED) is 0.692. The molecule has 154 valence electrons. The lowest BCUT2D eigenvalue weighted by Gasteiger charge is -2.20. The first-order valence-electron chi connectivity index (χ1n) is 9.69. The fraction of sp³-hybridized carbons (Fsp3) is 0.217. The monoisotopic (exact) mass is 405 g/mol. The van der Waals surface area contributed by atoms with E-state index in [9.17, 15) is 9.59 Å². The van der Waals surface area contributed by atoms with Gasteiger partial charge in [0.25, 0.3) is 5.91 Å². The van der Waals surface area contributed by atoms with E-state index in [2.05, 4.69) is 5.32 Å². The van der Waals surface area contributed by atoms with Crippen LogP contribution in [0.1, 0.15) is 21.7 Å². The third kappa shape index (κ3) is 3.87. The van der Waals surface area contributed by atoms with Crippen molar-refractivity contribution < 1.29 is 18.7 Å². The first kappa shape index (κ1) is 19.6. The molecule has 0 atom stereocenters. The minimum absolute atomic E-state index is 0.0966. The number of carbonyl (C=O) groups excluding carboxylic acids is 2. The Morgan fingerprint density at radius 2 is 1.93 bits per heavy atom. The number of furan rings is 1. The van der Waals surface area contributed by atoms with Crippen LogP contribution in [0.4, 0.5) is 16.2 Å². The number of anilines is 2. The number of nitrogens with zero attached hydrogens (tertiary/aromatic N) is 2. The van der Waals surface area contributed by atoms with Crippen molar-refractivity contribution in [2.24, 2.45) is 0 Å². The molecule has 0 bridgehead atoms. The number of benzene rings is 2. The molecule has 0 fully saturated rings. The first-order valence-corrected chi connectivity index (χ1v) is 9.69. The van der Waals surface area contributed by atoms with Gasteiger partial charge in [0.15, 0.2) is 0 Å². The lowest BCUT2D eigenvalue weighted by molar-refractivity contribution is 0.0774. The van der Waals surface area contributed by atoms with Crippen LogP contribution in [0.2, 0.25) is 0 Å². The molecule has 1 aromatic heterocycles. The van der Waals surface area contributed by atoms with Crippen LogP contribution in [-0.4, -0.2) is 37.5 Å². The number of hydrogen-bond donors (Lipinski definition) is 1. The molecule has 0 radical (unpaired) electrons. The van der Waals surface area contributed by atoms with Crippen LogP contribution < -0.4 is 15.0 Å². The fourth-order valence-electron chi connectivity index (χ4n) is 3.62. The summed E-state index contributed by atoms with van der Waals surface area (Å²) in [6.07, 6.45) is 2.22. The molecule has 2 heterocycles. The minimum atomic E-state index is -0.229. The predicted molar refractivity (Wildman–Crippen MR) is 114 cm³/mol. The van der Waals surface area contributed by atoms with Gasteiger partial charge in [-0.2, -0.15) is 0 Å². The van der Waals surface area contributed by atoms with Gasteiger partial charge >= 0.3 is 6.03 Å². The first-order chi connectivity index (χ1) is 14.6. The zero-order chi connectivity index (χ0) is 21.1. The van der Waals surface area contributed by atoms with Gasteiger partial charge in [-0.15, -0.1) is 0 Å². The Bertz CT molecular complexity index is 1040. The number of methoxy groups -OCH3 is 1. The van der Waals surface area contributed by atoms with Crippen LogP contribution in [0.25, 0.3) is 0 Å². The van der Waals surface area contributed by atoms with Gasteiger partial charge in [0, 0.05) is 30.5 Å². The molecular formula is C23H23N3O4. The summed E-state index contributed by atoms with van der Waals surface area (Å²) in [6, 6.07) is 16.1. The average Bonchev–Trinajstić information content (AvgIpc) is 3.43. The Kier molecular flexibility index (Phi) is 5.43. The minimum Gasteiger partial charge on any atom is -0.497 e. The summed E-state index contributed by atoms with van der Waals surface area (Å²) < 4.78 is 10.5. The molecule has 1 aliphatic rings. The van der Waals surface area contributed by atoms with E-state index in [1.165, 1.54) is 0 Å². The molecule has 0 aliphatic carbocycles. The maximum Gasteiger partial charge on any atom is 0.326 e. The third-order valence-electron chi connectivity index (χ3n) is 5.16. The topological polar surface area (TPSA) is 75.0 Å². The molecule has 4 rings (SSSR count). The Labute approximate surface area is 174 Å². The van der Waals surface area contributed by atoms with E-state index in [4.69, 9.17) is 9.15 Å². The Morgan fingerprint density at radius 1 is 1.13 bits per heavy atom. The number of rotatable bonds is 5. The van der Waals surface area contributed by atoms with Crippen molar-refractivity contribution in [3.8, 4) is 5.75 Å². The molecule has 1 N–H and O–H groups in total. The maximum absolute atomic E-state index is 13.0. The highest BCUT2D eigenvalue weighted by Gasteiger charge is 2.29. The Morgan fingerprint density at radius 3 is 2.63 bits per heavy atom. The average molecular weight is 405 g/mol. The second kappa shape index (κ2) is 8.32. The number of urea groups is 1. The van der Waals surface area contributed by atoms with E-state index in [1.54, 1.807) is 60.6 Å². The lowest BCUT2D eigenvalue weighted by atomic mass is 10.0.